The van der Waals surface area contributed by atoms with E-state index < -0.39 is 15.9 Å². The number of anilines is 1. The molecule has 0 bridgehead atoms. The van der Waals surface area contributed by atoms with Crippen molar-refractivity contribution in [2.24, 2.45) is 5.92 Å². The number of nitrogens with one attached hydrogen (secondary N) is 1. The van der Waals surface area contributed by atoms with E-state index in [9.17, 15) is 13.2 Å². The summed E-state index contributed by atoms with van der Waals surface area (Å²) in [5.41, 5.74) is 0.544. The molecule has 1 aliphatic rings. The number of hydrogen-bond donors (Lipinski definition) is 1. The summed E-state index contributed by atoms with van der Waals surface area (Å²) in [5.74, 6) is 0.917. The average Bonchev–Trinajstić information content (AvgIpc) is 2.83. The van der Waals surface area contributed by atoms with Crippen molar-refractivity contribution in [3.63, 3.8) is 0 Å². The van der Waals surface area contributed by atoms with Crippen LogP contribution in [0.25, 0.3) is 0 Å². The van der Waals surface area contributed by atoms with Crippen LogP contribution in [0.1, 0.15) is 12.8 Å². The number of carbonyl (C=O) groups is 1. The first-order valence-corrected chi connectivity index (χ1v) is 11.5. The molecule has 1 fully saturated rings. The van der Waals surface area contributed by atoms with Crippen LogP contribution in [0.5, 0.6) is 23.0 Å². The minimum absolute atomic E-state index is 0.0142. The van der Waals surface area contributed by atoms with Gasteiger partial charge in [-0.1, -0.05) is 0 Å². The Morgan fingerprint density at radius 3 is 2.28 bits per heavy atom. The van der Waals surface area contributed by atoms with E-state index in [4.69, 9.17) is 18.9 Å². The Hall–Kier alpha value is -2.98. The molecule has 9 nitrogen and oxygen atoms in total. The predicted octanol–water partition coefficient (Wildman–Crippen LogP) is 2.76. The molecule has 0 radical (unpaired) electrons. The topological polar surface area (TPSA) is 103 Å². The van der Waals surface area contributed by atoms with Gasteiger partial charge in [0.15, 0.2) is 11.5 Å². The molecule has 0 spiro atoms. The van der Waals surface area contributed by atoms with E-state index in [1.165, 1.54) is 38.8 Å². The fraction of sp³-hybridized carbons (Fsp3) is 0.409. The number of amides is 1. The average molecular weight is 465 g/mol. The van der Waals surface area contributed by atoms with Crippen molar-refractivity contribution < 1.29 is 32.2 Å². The van der Waals surface area contributed by atoms with Gasteiger partial charge in [0.05, 0.1) is 34.4 Å². The highest BCUT2D eigenvalue weighted by molar-refractivity contribution is 7.89. The fourth-order valence-corrected chi connectivity index (χ4v) is 5.35. The molecular formula is C22H28N2O7S. The van der Waals surface area contributed by atoms with Crippen molar-refractivity contribution in [2.75, 3.05) is 46.8 Å². The van der Waals surface area contributed by atoms with Gasteiger partial charge in [0, 0.05) is 30.9 Å². The summed E-state index contributed by atoms with van der Waals surface area (Å²) in [6, 6.07) is 9.68. The van der Waals surface area contributed by atoms with Crippen molar-refractivity contribution in [3.8, 4) is 23.0 Å². The summed E-state index contributed by atoms with van der Waals surface area (Å²) in [7, 11) is 2.04. The van der Waals surface area contributed by atoms with E-state index >= 15 is 0 Å². The molecule has 174 valence electrons. The van der Waals surface area contributed by atoms with Crippen LogP contribution < -0.4 is 24.3 Å². The summed E-state index contributed by atoms with van der Waals surface area (Å²) in [4.78, 5) is 12.9. The monoisotopic (exact) mass is 464 g/mol. The van der Waals surface area contributed by atoms with Gasteiger partial charge in [0.2, 0.25) is 15.9 Å². The SMILES string of the molecule is COc1ccc(OC)c(S(=O)(=O)N2CCC[C@@H](C(=O)Nc3ccc(OC)c(OC)c3)C2)c1. The molecule has 10 heteroatoms. The van der Waals surface area contributed by atoms with Gasteiger partial charge >= 0.3 is 0 Å². The highest BCUT2D eigenvalue weighted by Crippen LogP contribution is 2.33. The number of nitrogens with zero attached hydrogens (tertiary/aromatic N) is 1. The Labute approximate surface area is 188 Å². The van der Waals surface area contributed by atoms with Crippen LogP contribution in [0.4, 0.5) is 5.69 Å². The zero-order valence-corrected chi connectivity index (χ0v) is 19.4. The molecule has 2 aromatic rings. The fourth-order valence-electron chi connectivity index (χ4n) is 3.66. The van der Waals surface area contributed by atoms with Crippen LogP contribution in [0.3, 0.4) is 0 Å². The molecule has 3 rings (SSSR count). The first-order valence-electron chi connectivity index (χ1n) is 10.1. The minimum Gasteiger partial charge on any atom is -0.497 e. The number of sulfonamides is 1. The number of benzene rings is 2. The van der Waals surface area contributed by atoms with Gasteiger partial charge in [-0.2, -0.15) is 4.31 Å². The molecule has 1 aliphatic heterocycles. The lowest BCUT2D eigenvalue weighted by Gasteiger charge is -2.31. The molecule has 0 unspecified atom stereocenters. The number of methoxy groups -OCH3 is 4. The van der Waals surface area contributed by atoms with Gasteiger partial charge < -0.3 is 24.3 Å². The molecule has 2 aromatic carbocycles. The van der Waals surface area contributed by atoms with E-state index in [0.29, 0.717) is 42.3 Å². The quantitative estimate of drug-likeness (QED) is 0.641. The Morgan fingerprint density at radius 2 is 1.62 bits per heavy atom. The molecule has 1 saturated heterocycles. The summed E-state index contributed by atoms with van der Waals surface area (Å²) in [6.07, 6.45) is 1.15. The van der Waals surface area contributed by atoms with Crippen LogP contribution in [-0.4, -0.2) is 60.2 Å². The highest BCUT2D eigenvalue weighted by atomic mass is 32.2. The number of rotatable bonds is 8. The molecule has 32 heavy (non-hydrogen) atoms. The normalized spacial score (nSPS) is 16.8. The van der Waals surface area contributed by atoms with Gasteiger partial charge in [0.1, 0.15) is 16.4 Å². The minimum atomic E-state index is -3.88. The van der Waals surface area contributed by atoms with Crippen LogP contribution in [0, 0.1) is 5.92 Å². The molecule has 0 aliphatic carbocycles. The van der Waals surface area contributed by atoms with Crippen LogP contribution >= 0.6 is 0 Å². The molecule has 1 heterocycles. The van der Waals surface area contributed by atoms with Gasteiger partial charge in [0.25, 0.3) is 0 Å². The van der Waals surface area contributed by atoms with E-state index in [1.807, 2.05) is 0 Å². The Kier molecular flexibility index (Phi) is 7.47. The van der Waals surface area contributed by atoms with Crippen LogP contribution in [0.15, 0.2) is 41.3 Å². The molecular weight excluding hydrogens is 436 g/mol. The molecule has 0 aromatic heterocycles. The lowest BCUT2D eigenvalue weighted by molar-refractivity contribution is -0.120. The van der Waals surface area contributed by atoms with Crippen molar-refractivity contribution in [1.82, 2.24) is 4.31 Å². The summed E-state index contributed by atoms with van der Waals surface area (Å²) < 4.78 is 48.9. The number of ether oxygens (including phenoxy) is 4. The van der Waals surface area contributed by atoms with Gasteiger partial charge in [-0.25, -0.2) is 8.42 Å². The van der Waals surface area contributed by atoms with Gasteiger partial charge in [-0.15, -0.1) is 0 Å². The Bertz CT molecular complexity index is 1070. The molecule has 1 amide bonds. The van der Waals surface area contributed by atoms with Crippen molar-refractivity contribution in [3.05, 3.63) is 36.4 Å². The predicted molar refractivity (Wildman–Crippen MR) is 119 cm³/mol. The third-order valence-corrected chi connectivity index (χ3v) is 7.28. The third kappa shape index (κ3) is 4.91. The maximum Gasteiger partial charge on any atom is 0.246 e. The second-order valence-electron chi connectivity index (χ2n) is 7.28. The lowest BCUT2D eigenvalue weighted by Crippen LogP contribution is -2.43. The smallest absolute Gasteiger partial charge is 0.246 e. The maximum atomic E-state index is 13.3. The zero-order valence-electron chi connectivity index (χ0n) is 18.6. The molecule has 1 N–H and O–H groups in total. The number of piperidine rings is 1. The Morgan fingerprint density at radius 1 is 0.938 bits per heavy atom. The van der Waals surface area contributed by atoms with Crippen molar-refractivity contribution in [1.29, 1.82) is 0 Å². The van der Waals surface area contributed by atoms with E-state index in [0.717, 1.165) is 0 Å². The Balaban J connectivity index is 1.78. The summed E-state index contributed by atoms with van der Waals surface area (Å²) in [6.45, 7) is 0.394. The summed E-state index contributed by atoms with van der Waals surface area (Å²) in [5, 5.41) is 2.85. The largest absolute Gasteiger partial charge is 0.497 e. The standard InChI is InChI=1S/C22H28N2O7S/c1-28-17-8-10-19(30-3)21(13-17)32(26,27)24-11-5-6-15(14-24)22(25)23-16-7-9-18(29-2)20(12-16)31-4/h7-10,12-13,15H,5-6,11,14H2,1-4H3,(H,23,25)/t15-/m1/s1. The van der Waals surface area contributed by atoms with Gasteiger partial charge in [-0.3, -0.25) is 4.79 Å². The van der Waals surface area contributed by atoms with E-state index in [2.05, 4.69) is 5.32 Å². The second kappa shape index (κ2) is 10.1. The highest BCUT2D eigenvalue weighted by Gasteiger charge is 2.35. The second-order valence-corrected chi connectivity index (χ2v) is 9.18. The molecule has 1 atom stereocenters. The van der Waals surface area contributed by atoms with Crippen molar-refractivity contribution >= 4 is 21.6 Å². The number of hydrogen-bond acceptors (Lipinski definition) is 7. The van der Waals surface area contributed by atoms with E-state index in [1.54, 1.807) is 30.3 Å². The van der Waals surface area contributed by atoms with E-state index in [-0.39, 0.29) is 23.1 Å². The summed E-state index contributed by atoms with van der Waals surface area (Å²) >= 11 is 0. The third-order valence-electron chi connectivity index (χ3n) is 5.39. The number of carbonyl (C=O) groups excluding carboxylic acids is 1. The van der Waals surface area contributed by atoms with Crippen LogP contribution in [-0.2, 0) is 14.8 Å². The van der Waals surface area contributed by atoms with Gasteiger partial charge in [-0.05, 0) is 37.1 Å². The lowest BCUT2D eigenvalue weighted by atomic mass is 9.98. The van der Waals surface area contributed by atoms with Crippen LogP contribution in [0.2, 0.25) is 0 Å². The molecule has 0 saturated carbocycles. The van der Waals surface area contributed by atoms with Crippen molar-refractivity contribution in [2.45, 2.75) is 17.7 Å². The first-order chi connectivity index (χ1) is 15.3. The first kappa shape index (κ1) is 23.7. The zero-order chi connectivity index (χ0) is 23.3. The maximum absolute atomic E-state index is 13.3.